The fourth-order valence-corrected chi connectivity index (χ4v) is 3.39. The molecule has 1 aliphatic heterocycles. The second kappa shape index (κ2) is 5.87. The molecule has 0 saturated heterocycles. The van der Waals surface area contributed by atoms with Crippen LogP contribution in [0.15, 0.2) is 53.5 Å². The average molecular weight is 329 g/mol. The van der Waals surface area contributed by atoms with Crippen molar-refractivity contribution in [3.63, 3.8) is 0 Å². The summed E-state index contributed by atoms with van der Waals surface area (Å²) in [6, 6.07) is 13.5. The Morgan fingerprint density at radius 2 is 2.04 bits per heavy atom. The molecule has 0 amide bonds. The lowest BCUT2D eigenvalue weighted by molar-refractivity contribution is 0.280. The maximum atomic E-state index is 13.0. The Balaban J connectivity index is 1.83. The third-order valence-electron chi connectivity index (χ3n) is 4.56. The largest absolute Gasteiger partial charge is 0.309 e. The maximum Gasteiger partial charge on any atom is 0.259 e. The molecule has 0 spiro atoms. The minimum atomic E-state index is -0.226. The van der Waals surface area contributed by atoms with Gasteiger partial charge in [0.2, 0.25) is 0 Å². The monoisotopic (exact) mass is 329 g/mol. The molecule has 1 aromatic carbocycles. The van der Waals surface area contributed by atoms with E-state index in [0.717, 1.165) is 34.3 Å². The first-order valence-corrected chi connectivity index (χ1v) is 8.38. The van der Waals surface area contributed by atoms with Crippen LogP contribution in [-0.4, -0.2) is 16.1 Å². The maximum absolute atomic E-state index is 13.0. The van der Waals surface area contributed by atoms with E-state index in [-0.39, 0.29) is 11.1 Å². The van der Waals surface area contributed by atoms with Gasteiger partial charge in [-0.25, -0.2) is 4.98 Å². The molecule has 0 radical (unpaired) electrons. The number of aromatic nitrogens is 2. The highest BCUT2D eigenvalue weighted by Gasteiger charge is 2.28. The molecule has 4 rings (SSSR count). The van der Waals surface area contributed by atoms with Crippen molar-refractivity contribution in [3.8, 4) is 11.8 Å². The van der Waals surface area contributed by atoms with Crippen LogP contribution in [0.4, 0.5) is 0 Å². The number of hydrogen-bond acceptors (Lipinski definition) is 3. The first-order valence-electron chi connectivity index (χ1n) is 8.38. The summed E-state index contributed by atoms with van der Waals surface area (Å²) in [6.07, 6.45) is 1.73. The van der Waals surface area contributed by atoms with Crippen molar-refractivity contribution in [2.24, 2.45) is 0 Å². The number of pyridine rings is 2. The van der Waals surface area contributed by atoms with E-state index in [1.165, 1.54) is 0 Å². The van der Waals surface area contributed by atoms with E-state index in [9.17, 15) is 4.79 Å². The normalized spacial score (nSPS) is 15.3. The SMILES string of the molecule is CC1(C)CNCc2cc3cc(C#Cc4ccccn4)ccc3c(=O)n21. The first kappa shape index (κ1) is 15.6. The molecular weight excluding hydrogens is 310 g/mol. The average Bonchev–Trinajstić information content (AvgIpc) is 2.60. The van der Waals surface area contributed by atoms with Crippen LogP contribution in [0, 0.1) is 11.8 Å². The van der Waals surface area contributed by atoms with Gasteiger partial charge >= 0.3 is 0 Å². The van der Waals surface area contributed by atoms with Crippen molar-refractivity contribution >= 4 is 10.8 Å². The molecule has 2 aromatic heterocycles. The van der Waals surface area contributed by atoms with Gasteiger partial charge in [-0.05, 0) is 61.6 Å². The predicted octanol–water partition coefficient (Wildman–Crippen LogP) is 2.63. The summed E-state index contributed by atoms with van der Waals surface area (Å²) >= 11 is 0. The Morgan fingerprint density at radius 1 is 1.16 bits per heavy atom. The lowest BCUT2D eigenvalue weighted by Gasteiger charge is -2.35. The molecule has 0 bridgehead atoms. The highest BCUT2D eigenvalue weighted by molar-refractivity contribution is 5.83. The summed E-state index contributed by atoms with van der Waals surface area (Å²) in [5.74, 6) is 6.19. The fraction of sp³-hybridized carbons (Fsp3) is 0.238. The van der Waals surface area contributed by atoms with E-state index in [2.05, 4.69) is 42.1 Å². The molecule has 4 heteroatoms. The van der Waals surface area contributed by atoms with Crippen molar-refractivity contribution in [1.29, 1.82) is 0 Å². The molecule has 1 aliphatic rings. The van der Waals surface area contributed by atoms with Crippen molar-refractivity contribution in [3.05, 3.63) is 76.0 Å². The number of benzene rings is 1. The molecule has 0 fully saturated rings. The summed E-state index contributed by atoms with van der Waals surface area (Å²) in [7, 11) is 0. The molecule has 0 aliphatic carbocycles. The summed E-state index contributed by atoms with van der Waals surface area (Å²) in [6.45, 7) is 5.67. The minimum Gasteiger partial charge on any atom is -0.309 e. The Morgan fingerprint density at radius 3 is 2.84 bits per heavy atom. The van der Waals surface area contributed by atoms with Crippen LogP contribution < -0.4 is 10.9 Å². The van der Waals surface area contributed by atoms with Crippen molar-refractivity contribution in [2.75, 3.05) is 6.54 Å². The molecule has 1 N–H and O–H groups in total. The van der Waals surface area contributed by atoms with Gasteiger partial charge in [-0.15, -0.1) is 0 Å². The Kier molecular flexibility index (Phi) is 3.67. The lowest BCUT2D eigenvalue weighted by Crippen LogP contribution is -2.49. The van der Waals surface area contributed by atoms with Crippen LogP contribution in [0.1, 0.15) is 30.8 Å². The number of nitrogens with one attached hydrogen (secondary N) is 1. The van der Waals surface area contributed by atoms with Gasteiger partial charge in [0, 0.05) is 35.9 Å². The minimum absolute atomic E-state index is 0.0724. The highest BCUT2D eigenvalue weighted by atomic mass is 16.1. The van der Waals surface area contributed by atoms with E-state index < -0.39 is 0 Å². The first-order chi connectivity index (χ1) is 12.0. The van der Waals surface area contributed by atoms with Crippen LogP contribution in [0.25, 0.3) is 10.8 Å². The second-order valence-electron chi connectivity index (χ2n) is 6.96. The molecule has 0 unspecified atom stereocenters. The fourth-order valence-electron chi connectivity index (χ4n) is 3.39. The quantitative estimate of drug-likeness (QED) is 0.645. The summed E-state index contributed by atoms with van der Waals surface area (Å²) < 4.78 is 1.92. The van der Waals surface area contributed by atoms with Gasteiger partial charge in [0.05, 0.1) is 5.54 Å². The van der Waals surface area contributed by atoms with Crippen LogP contribution in [0.5, 0.6) is 0 Å². The van der Waals surface area contributed by atoms with Crippen LogP contribution >= 0.6 is 0 Å². The predicted molar refractivity (Wildman–Crippen MR) is 99.5 cm³/mol. The van der Waals surface area contributed by atoms with Gasteiger partial charge in [-0.1, -0.05) is 12.0 Å². The van der Waals surface area contributed by atoms with Crippen molar-refractivity contribution < 1.29 is 0 Å². The van der Waals surface area contributed by atoms with Gasteiger partial charge in [0.1, 0.15) is 5.69 Å². The molecule has 3 aromatic rings. The number of rotatable bonds is 0. The van der Waals surface area contributed by atoms with Gasteiger partial charge in [-0.2, -0.15) is 0 Å². The second-order valence-corrected chi connectivity index (χ2v) is 6.96. The van der Waals surface area contributed by atoms with Gasteiger partial charge in [-0.3, -0.25) is 4.79 Å². The Labute approximate surface area is 146 Å². The number of nitrogens with zero attached hydrogens (tertiary/aromatic N) is 2. The molecular formula is C21H19N3O. The number of hydrogen-bond donors (Lipinski definition) is 1. The van der Waals surface area contributed by atoms with Gasteiger partial charge in [0.25, 0.3) is 5.56 Å². The van der Waals surface area contributed by atoms with E-state index in [0.29, 0.717) is 6.54 Å². The Hall–Kier alpha value is -2.90. The molecule has 4 nitrogen and oxygen atoms in total. The van der Waals surface area contributed by atoms with Gasteiger partial charge < -0.3 is 9.88 Å². The topological polar surface area (TPSA) is 46.9 Å². The zero-order valence-electron chi connectivity index (χ0n) is 14.3. The van der Waals surface area contributed by atoms with E-state index in [1.54, 1.807) is 6.20 Å². The molecule has 25 heavy (non-hydrogen) atoms. The summed E-state index contributed by atoms with van der Waals surface area (Å²) in [5.41, 5.74) is 2.48. The van der Waals surface area contributed by atoms with Crippen LogP contribution in [0.3, 0.4) is 0 Å². The molecule has 124 valence electrons. The molecule has 3 heterocycles. The summed E-state index contributed by atoms with van der Waals surface area (Å²) in [4.78, 5) is 17.2. The molecule has 0 saturated carbocycles. The highest BCUT2D eigenvalue weighted by Crippen LogP contribution is 2.23. The van der Waals surface area contributed by atoms with Gasteiger partial charge in [0.15, 0.2) is 0 Å². The smallest absolute Gasteiger partial charge is 0.259 e. The molecule has 0 atom stereocenters. The number of fused-ring (bicyclic) bond motifs is 2. The Bertz CT molecular complexity index is 1070. The standard InChI is InChI=1S/C21H19N3O/c1-21(2)14-22-13-18-12-16-11-15(6-8-17-5-3-4-10-23-17)7-9-19(16)20(25)24(18)21/h3-5,7,9-12,22H,13-14H2,1-2H3. The lowest BCUT2D eigenvalue weighted by atomic mass is 9.99. The third-order valence-corrected chi connectivity index (χ3v) is 4.56. The van der Waals surface area contributed by atoms with Crippen LogP contribution in [0.2, 0.25) is 0 Å². The van der Waals surface area contributed by atoms with E-state index in [1.807, 2.05) is 41.0 Å². The van der Waals surface area contributed by atoms with E-state index in [4.69, 9.17) is 0 Å². The zero-order valence-corrected chi connectivity index (χ0v) is 14.3. The van der Waals surface area contributed by atoms with Crippen molar-refractivity contribution in [2.45, 2.75) is 25.9 Å². The summed E-state index contributed by atoms with van der Waals surface area (Å²) in [5, 5.41) is 5.06. The van der Waals surface area contributed by atoms with Crippen molar-refractivity contribution in [1.82, 2.24) is 14.9 Å². The van der Waals surface area contributed by atoms with Crippen LogP contribution in [-0.2, 0) is 12.1 Å². The zero-order chi connectivity index (χ0) is 17.4. The van der Waals surface area contributed by atoms with E-state index >= 15 is 0 Å². The third kappa shape index (κ3) is 2.84.